The van der Waals surface area contributed by atoms with Crippen molar-refractivity contribution in [2.24, 2.45) is 0 Å². The van der Waals surface area contributed by atoms with E-state index in [9.17, 15) is 4.39 Å². The van der Waals surface area contributed by atoms with Gasteiger partial charge >= 0.3 is 0 Å². The second-order valence-electron chi connectivity index (χ2n) is 5.61. The molecule has 7 heteroatoms. The van der Waals surface area contributed by atoms with Crippen LogP contribution in [0.1, 0.15) is 23.9 Å². The zero-order chi connectivity index (χ0) is 17.8. The van der Waals surface area contributed by atoms with Crippen LogP contribution >= 0.6 is 0 Å². The number of hydrogen-bond donors (Lipinski definition) is 1. The normalized spacial score (nSPS) is 10.9. The van der Waals surface area contributed by atoms with Crippen molar-refractivity contribution in [3.8, 4) is 17.0 Å². The fourth-order valence-corrected chi connectivity index (χ4v) is 2.52. The third-order valence-electron chi connectivity index (χ3n) is 3.73. The number of ether oxygens (including phenoxy) is 1. The monoisotopic (exact) mass is 342 g/mol. The molecule has 2 heterocycles. The Morgan fingerprint density at radius 3 is 2.76 bits per heavy atom. The summed E-state index contributed by atoms with van der Waals surface area (Å²) in [6, 6.07) is 6.88. The van der Waals surface area contributed by atoms with Crippen molar-refractivity contribution in [2.75, 3.05) is 6.61 Å². The molecule has 0 saturated carbocycles. The first-order chi connectivity index (χ1) is 12.1. The van der Waals surface area contributed by atoms with Crippen molar-refractivity contribution in [1.29, 1.82) is 0 Å². The van der Waals surface area contributed by atoms with Gasteiger partial charge in [-0.3, -0.25) is 0 Å². The quantitative estimate of drug-likeness (QED) is 0.746. The van der Waals surface area contributed by atoms with Crippen molar-refractivity contribution in [3.05, 3.63) is 59.6 Å². The Hall–Kier alpha value is -2.80. The SMILES string of the molecule is CCOc1ncc(Cn2cnc(CO)n2)cc1-c1ccc(F)c(C)c1. The maximum absolute atomic E-state index is 13.6. The van der Waals surface area contributed by atoms with Gasteiger partial charge in [-0.15, -0.1) is 0 Å². The largest absolute Gasteiger partial charge is 0.478 e. The highest BCUT2D eigenvalue weighted by Crippen LogP contribution is 2.30. The van der Waals surface area contributed by atoms with Crippen molar-refractivity contribution >= 4 is 0 Å². The Bertz CT molecular complexity index is 879. The maximum Gasteiger partial charge on any atom is 0.221 e. The number of aromatic nitrogens is 4. The van der Waals surface area contributed by atoms with Crippen LogP contribution in [0.4, 0.5) is 4.39 Å². The zero-order valence-corrected chi connectivity index (χ0v) is 14.1. The van der Waals surface area contributed by atoms with Gasteiger partial charge in [-0.1, -0.05) is 6.07 Å². The molecule has 3 aromatic rings. The predicted octanol–water partition coefficient (Wildman–Crippen LogP) is 2.73. The van der Waals surface area contributed by atoms with Gasteiger partial charge in [0.1, 0.15) is 18.8 Å². The smallest absolute Gasteiger partial charge is 0.221 e. The first-order valence-electron chi connectivity index (χ1n) is 7.98. The van der Waals surface area contributed by atoms with Crippen LogP contribution in [-0.2, 0) is 13.2 Å². The molecule has 0 spiro atoms. The van der Waals surface area contributed by atoms with E-state index in [1.165, 1.54) is 6.07 Å². The summed E-state index contributed by atoms with van der Waals surface area (Å²) in [6.07, 6.45) is 3.27. The van der Waals surface area contributed by atoms with Gasteiger partial charge in [-0.25, -0.2) is 19.0 Å². The van der Waals surface area contributed by atoms with E-state index in [2.05, 4.69) is 15.1 Å². The van der Waals surface area contributed by atoms with Crippen LogP contribution in [0.15, 0.2) is 36.8 Å². The minimum atomic E-state index is -0.245. The second kappa shape index (κ2) is 7.40. The van der Waals surface area contributed by atoms with Crippen LogP contribution < -0.4 is 4.74 Å². The van der Waals surface area contributed by atoms with Gasteiger partial charge in [-0.05, 0) is 48.7 Å². The average molecular weight is 342 g/mol. The minimum Gasteiger partial charge on any atom is -0.478 e. The van der Waals surface area contributed by atoms with Crippen molar-refractivity contribution < 1.29 is 14.2 Å². The molecular formula is C18H19FN4O2. The summed E-state index contributed by atoms with van der Waals surface area (Å²) in [5.74, 6) is 0.630. The lowest BCUT2D eigenvalue weighted by atomic mass is 10.0. The van der Waals surface area contributed by atoms with E-state index in [1.807, 2.05) is 13.0 Å². The van der Waals surface area contributed by atoms with Crippen LogP contribution in [0.5, 0.6) is 5.88 Å². The van der Waals surface area contributed by atoms with Crippen molar-refractivity contribution in [2.45, 2.75) is 27.0 Å². The third kappa shape index (κ3) is 3.83. The average Bonchev–Trinajstić information content (AvgIpc) is 3.06. The fourth-order valence-electron chi connectivity index (χ4n) is 2.52. The lowest BCUT2D eigenvalue weighted by molar-refractivity contribution is 0.271. The van der Waals surface area contributed by atoms with Gasteiger partial charge in [0, 0.05) is 11.8 Å². The Labute approximate surface area is 144 Å². The van der Waals surface area contributed by atoms with Gasteiger partial charge in [0.05, 0.1) is 13.2 Å². The first-order valence-corrected chi connectivity index (χ1v) is 7.98. The number of aryl methyl sites for hydroxylation is 1. The number of rotatable bonds is 6. The Kier molecular flexibility index (Phi) is 5.04. The molecule has 0 aliphatic rings. The van der Waals surface area contributed by atoms with E-state index in [0.29, 0.717) is 30.4 Å². The summed E-state index contributed by atoms with van der Waals surface area (Å²) in [6.45, 7) is 4.36. The van der Waals surface area contributed by atoms with Gasteiger partial charge in [-0.2, -0.15) is 5.10 Å². The highest BCUT2D eigenvalue weighted by Gasteiger charge is 2.12. The van der Waals surface area contributed by atoms with Crippen LogP contribution in [0, 0.1) is 12.7 Å². The summed E-state index contributed by atoms with van der Waals surface area (Å²) in [5, 5.41) is 13.2. The molecule has 2 aromatic heterocycles. The molecule has 1 aromatic carbocycles. The highest BCUT2D eigenvalue weighted by atomic mass is 19.1. The lowest BCUT2D eigenvalue weighted by Crippen LogP contribution is -2.04. The molecule has 0 aliphatic carbocycles. The first kappa shape index (κ1) is 17.0. The van der Waals surface area contributed by atoms with E-state index in [0.717, 1.165) is 16.7 Å². The number of benzene rings is 1. The number of pyridine rings is 1. The van der Waals surface area contributed by atoms with Crippen molar-refractivity contribution in [3.63, 3.8) is 0 Å². The summed E-state index contributed by atoms with van der Waals surface area (Å²) in [5.41, 5.74) is 3.10. The van der Waals surface area contributed by atoms with E-state index in [1.54, 1.807) is 36.3 Å². The molecule has 0 radical (unpaired) electrons. The molecule has 0 atom stereocenters. The Morgan fingerprint density at radius 1 is 1.24 bits per heavy atom. The molecule has 130 valence electrons. The van der Waals surface area contributed by atoms with Crippen molar-refractivity contribution in [1.82, 2.24) is 19.7 Å². The molecule has 6 nitrogen and oxygen atoms in total. The molecule has 0 saturated heterocycles. The Morgan fingerprint density at radius 2 is 2.08 bits per heavy atom. The van der Waals surface area contributed by atoms with E-state index in [-0.39, 0.29) is 12.4 Å². The van der Waals surface area contributed by atoms with Crippen LogP contribution in [0.2, 0.25) is 0 Å². The summed E-state index contributed by atoms with van der Waals surface area (Å²) in [4.78, 5) is 8.39. The summed E-state index contributed by atoms with van der Waals surface area (Å²) in [7, 11) is 0. The maximum atomic E-state index is 13.6. The number of hydrogen-bond acceptors (Lipinski definition) is 5. The predicted molar refractivity (Wildman–Crippen MR) is 90.6 cm³/mol. The van der Waals surface area contributed by atoms with Gasteiger partial charge < -0.3 is 9.84 Å². The number of aliphatic hydroxyl groups excluding tert-OH is 1. The number of halogens is 1. The van der Waals surface area contributed by atoms with Gasteiger partial charge in [0.25, 0.3) is 0 Å². The third-order valence-corrected chi connectivity index (χ3v) is 3.73. The van der Waals surface area contributed by atoms with E-state index in [4.69, 9.17) is 9.84 Å². The van der Waals surface area contributed by atoms with E-state index < -0.39 is 0 Å². The number of aliphatic hydroxyl groups is 1. The standard InChI is InChI=1S/C18H19FN4O2/c1-3-25-18-15(14-4-5-16(19)12(2)6-14)7-13(8-20-18)9-23-11-21-17(10-24)22-23/h4-8,11,24H,3,9-10H2,1-2H3. The zero-order valence-electron chi connectivity index (χ0n) is 14.1. The van der Waals surface area contributed by atoms with Gasteiger partial charge in [0.2, 0.25) is 5.88 Å². The molecule has 3 rings (SSSR count). The number of nitrogens with zero attached hydrogens (tertiary/aromatic N) is 4. The topological polar surface area (TPSA) is 73.1 Å². The summed E-state index contributed by atoms with van der Waals surface area (Å²) >= 11 is 0. The van der Waals surface area contributed by atoms with Crippen LogP contribution in [-0.4, -0.2) is 31.5 Å². The highest BCUT2D eigenvalue weighted by molar-refractivity contribution is 5.69. The molecule has 0 amide bonds. The molecular weight excluding hydrogens is 323 g/mol. The minimum absolute atomic E-state index is 0.200. The van der Waals surface area contributed by atoms with Gasteiger partial charge in [0.15, 0.2) is 5.82 Å². The fraction of sp³-hybridized carbons (Fsp3) is 0.278. The lowest BCUT2D eigenvalue weighted by Gasteiger charge is -2.12. The van der Waals surface area contributed by atoms with E-state index >= 15 is 0 Å². The van der Waals surface area contributed by atoms with Crippen LogP contribution in [0.3, 0.4) is 0 Å². The molecule has 1 N–H and O–H groups in total. The molecule has 0 bridgehead atoms. The second-order valence-corrected chi connectivity index (χ2v) is 5.61. The Balaban J connectivity index is 1.97. The molecule has 0 fully saturated rings. The summed E-state index contributed by atoms with van der Waals surface area (Å²) < 4.78 is 20.8. The molecule has 0 aliphatic heterocycles. The molecule has 25 heavy (non-hydrogen) atoms. The molecule has 0 unspecified atom stereocenters. The van der Waals surface area contributed by atoms with Crippen LogP contribution in [0.25, 0.3) is 11.1 Å².